The number of benzene rings is 3. The van der Waals surface area contributed by atoms with E-state index in [1.807, 2.05) is 43.3 Å². The number of hydrogen-bond acceptors (Lipinski definition) is 4. The molecule has 1 fully saturated rings. The second-order valence-corrected chi connectivity index (χ2v) is 10.7. The van der Waals surface area contributed by atoms with Crippen molar-refractivity contribution in [3.05, 3.63) is 101 Å². The molecule has 1 heterocycles. The lowest BCUT2D eigenvalue weighted by atomic mass is 9.62. The maximum Gasteiger partial charge on any atom is 0.255 e. The van der Waals surface area contributed by atoms with Crippen molar-refractivity contribution in [2.75, 3.05) is 33.3 Å². The third-order valence-corrected chi connectivity index (χ3v) is 8.47. The fourth-order valence-electron chi connectivity index (χ4n) is 6.48. The Morgan fingerprint density at radius 3 is 2.36 bits per heavy atom. The first-order valence-electron chi connectivity index (χ1n) is 14.2. The van der Waals surface area contributed by atoms with Crippen LogP contribution in [-0.2, 0) is 10.2 Å². The normalized spacial score (nSPS) is 21.5. The van der Waals surface area contributed by atoms with Crippen LogP contribution in [0.2, 0.25) is 0 Å². The number of likely N-dealkylation sites (N-methyl/N-ethyl adjacent to an activating group) is 1. The predicted molar refractivity (Wildman–Crippen MR) is 154 cm³/mol. The fraction of sp³-hybridized carbons (Fsp3) is 0.394. The number of nitrogens with one attached hydrogen (secondary N) is 2. The molecule has 2 N–H and O–H groups in total. The van der Waals surface area contributed by atoms with E-state index in [0.717, 1.165) is 56.4 Å². The Morgan fingerprint density at radius 1 is 0.923 bits per heavy atom. The number of methoxy groups -OCH3 is 1. The molecule has 2 amide bonds. The van der Waals surface area contributed by atoms with Crippen LogP contribution in [0.5, 0.6) is 5.75 Å². The van der Waals surface area contributed by atoms with E-state index in [1.165, 1.54) is 5.56 Å². The molecule has 3 aromatic carbocycles. The summed E-state index contributed by atoms with van der Waals surface area (Å²) in [5.74, 6) is 0.984. The molecular formula is C33H39N3O3. The average molecular weight is 526 g/mol. The van der Waals surface area contributed by atoms with Gasteiger partial charge in [0.15, 0.2) is 0 Å². The van der Waals surface area contributed by atoms with Crippen LogP contribution in [0.3, 0.4) is 0 Å². The van der Waals surface area contributed by atoms with E-state index in [-0.39, 0.29) is 17.9 Å². The molecule has 1 saturated heterocycles. The van der Waals surface area contributed by atoms with Crippen LogP contribution >= 0.6 is 0 Å². The summed E-state index contributed by atoms with van der Waals surface area (Å²) in [7, 11) is 1.59. The van der Waals surface area contributed by atoms with E-state index >= 15 is 0 Å². The Balaban J connectivity index is 1.28. The molecule has 204 valence electrons. The lowest BCUT2D eigenvalue weighted by Gasteiger charge is -2.43. The largest absolute Gasteiger partial charge is 0.496 e. The van der Waals surface area contributed by atoms with E-state index in [4.69, 9.17) is 4.74 Å². The lowest BCUT2D eigenvalue weighted by Crippen LogP contribution is -2.49. The molecule has 0 radical (unpaired) electrons. The first-order valence-corrected chi connectivity index (χ1v) is 14.2. The number of para-hydroxylation sites is 1. The summed E-state index contributed by atoms with van der Waals surface area (Å²) in [5.41, 5.74) is 3.40. The van der Waals surface area contributed by atoms with Gasteiger partial charge in [0.25, 0.3) is 5.91 Å². The number of nitrogens with zero attached hydrogens (tertiary/aromatic N) is 1. The molecule has 2 atom stereocenters. The second-order valence-electron chi connectivity index (χ2n) is 10.7. The van der Waals surface area contributed by atoms with Gasteiger partial charge in [-0.2, -0.15) is 0 Å². The Labute approximate surface area is 231 Å². The van der Waals surface area contributed by atoms with Crippen molar-refractivity contribution in [2.24, 2.45) is 0 Å². The highest BCUT2D eigenvalue weighted by atomic mass is 16.5. The maximum atomic E-state index is 13.7. The minimum absolute atomic E-state index is 0.0743. The van der Waals surface area contributed by atoms with Gasteiger partial charge in [0.1, 0.15) is 5.75 Å². The topological polar surface area (TPSA) is 70.7 Å². The summed E-state index contributed by atoms with van der Waals surface area (Å²) in [6.45, 7) is 5.44. The van der Waals surface area contributed by atoms with Crippen molar-refractivity contribution >= 4 is 11.8 Å². The van der Waals surface area contributed by atoms with Crippen LogP contribution in [-0.4, -0.2) is 56.0 Å². The van der Waals surface area contributed by atoms with Crippen LogP contribution < -0.4 is 15.4 Å². The quantitative estimate of drug-likeness (QED) is 0.439. The van der Waals surface area contributed by atoms with E-state index in [0.29, 0.717) is 23.8 Å². The summed E-state index contributed by atoms with van der Waals surface area (Å²) in [4.78, 5) is 29.1. The predicted octanol–water partition coefficient (Wildman–Crippen LogP) is 4.89. The van der Waals surface area contributed by atoms with Crippen molar-refractivity contribution in [2.45, 2.75) is 50.0 Å². The Morgan fingerprint density at radius 2 is 1.62 bits per heavy atom. The number of rotatable bonds is 8. The van der Waals surface area contributed by atoms with Crippen LogP contribution in [0.4, 0.5) is 0 Å². The Hall–Kier alpha value is -3.64. The zero-order valence-electron chi connectivity index (χ0n) is 23.0. The number of likely N-dealkylation sites (tertiary alicyclic amines) is 1. The molecule has 2 aliphatic rings. The van der Waals surface area contributed by atoms with Crippen LogP contribution in [0.25, 0.3) is 0 Å². The molecule has 6 heteroatoms. The molecule has 5 rings (SSSR count). The van der Waals surface area contributed by atoms with Gasteiger partial charge in [0, 0.05) is 32.2 Å². The van der Waals surface area contributed by atoms with Gasteiger partial charge in [-0.05, 0) is 67.3 Å². The third kappa shape index (κ3) is 5.44. The molecule has 0 spiro atoms. The molecule has 1 aliphatic carbocycles. The van der Waals surface area contributed by atoms with Crippen LogP contribution in [0.15, 0.2) is 78.9 Å². The smallest absolute Gasteiger partial charge is 0.255 e. The minimum Gasteiger partial charge on any atom is -0.496 e. The van der Waals surface area contributed by atoms with Crippen LogP contribution in [0, 0.1) is 0 Å². The van der Waals surface area contributed by atoms with E-state index in [1.54, 1.807) is 13.2 Å². The van der Waals surface area contributed by atoms with Gasteiger partial charge < -0.3 is 20.3 Å². The minimum atomic E-state index is -0.667. The number of piperidine rings is 1. The highest BCUT2D eigenvalue weighted by Gasteiger charge is 2.47. The van der Waals surface area contributed by atoms with Gasteiger partial charge >= 0.3 is 0 Å². The zero-order valence-corrected chi connectivity index (χ0v) is 23.0. The number of amides is 2. The summed E-state index contributed by atoms with van der Waals surface area (Å²) in [6.07, 6.45) is 3.58. The molecule has 1 aliphatic heterocycles. The first-order chi connectivity index (χ1) is 19.1. The number of fused-ring (bicyclic) bond motifs is 1. The van der Waals surface area contributed by atoms with E-state index in [9.17, 15) is 9.59 Å². The van der Waals surface area contributed by atoms with Gasteiger partial charge in [0.2, 0.25) is 5.91 Å². The Bertz CT molecular complexity index is 1290. The maximum absolute atomic E-state index is 13.7. The van der Waals surface area contributed by atoms with Gasteiger partial charge in [-0.15, -0.1) is 0 Å². The lowest BCUT2D eigenvalue weighted by molar-refractivity contribution is -0.125. The molecular weight excluding hydrogens is 486 g/mol. The monoisotopic (exact) mass is 525 g/mol. The van der Waals surface area contributed by atoms with E-state index in [2.05, 4.69) is 51.9 Å². The molecule has 0 saturated carbocycles. The van der Waals surface area contributed by atoms with Crippen molar-refractivity contribution in [1.82, 2.24) is 15.5 Å². The van der Waals surface area contributed by atoms with Gasteiger partial charge in [-0.1, -0.05) is 66.7 Å². The van der Waals surface area contributed by atoms with Gasteiger partial charge in [-0.25, -0.2) is 0 Å². The second kappa shape index (κ2) is 12.0. The molecule has 6 nitrogen and oxygen atoms in total. The number of carbonyl (C=O) groups excluding carboxylic acids is 2. The van der Waals surface area contributed by atoms with Crippen molar-refractivity contribution < 1.29 is 14.3 Å². The summed E-state index contributed by atoms with van der Waals surface area (Å²) in [6, 6.07) is 26.3. The summed E-state index contributed by atoms with van der Waals surface area (Å²) < 4.78 is 5.36. The SMILES string of the molecule is CCNC(=O)[C@]1(c2ccccc2)CC[C@@H](CN2CCC(NC(=O)c3ccccc3OC)CC2)c2ccccc21. The standard InChI is InChI=1S/C33H39N3O3/c1-3-34-32(38)33(25-11-5-4-6-12-25)20-17-24(27-13-7-9-15-29(27)33)23-36-21-18-26(19-22-36)35-31(37)28-14-8-10-16-30(28)39-2/h4-16,24,26H,3,17-23H2,1-2H3,(H,34,38)(H,35,37)/t24-,33-/m0/s1. The Kier molecular flexibility index (Phi) is 8.32. The van der Waals surface area contributed by atoms with Crippen molar-refractivity contribution in [3.63, 3.8) is 0 Å². The van der Waals surface area contributed by atoms with Gasteiger partial charge in [0.05, 0.1) is 18.1 Å². The fourth-order valence-corrected chi connectivity index (χ4v) is 6.48. The number of ether oxygens (including phenoxy) is 1. The number of carbonyl (C=O) groups is 2. The van der Waals surface area contributed by atoms with Crippen molar-refractivity contribution in [1.29, 1.82) is 0 Å². The number of hydrogen-bond donors (Lipinski definition) is 2. The molecule has 0 aromatic heterocycles. The summed E-state index contributed by atoms with van der Waals surface area (Å²) >= 11 is 0. The molecule has 0 bridgehead atoms. The highest BCUT2D eigenvalue weighted by molar-refractivity contribution is 5.97. The van der Waals surface area contributed by atoms with E-state index < -0.39 is 5.41 Å². The van der Waals surface area contributed by atoms with Gasteiger partial charge in [-0.3, -0.25) is 9.59 Å². The zero-order chi connectivity index (χ0) is 27.2. The molecule has 0 unspecified atom stereocenters. The highest BCUT2D eigenvalue weighted by Crippen LogP contribution is 2.47. The summed E-state index contributed by atoms with van der Waals surface area (Å²) in [5, 5.41) is 6.35. The molecule has 3 aromatic rings. The molecule has 39 heavy (non-hydrogen) atoms. The van der Waals surface area contributed by atoms with Crippen LogP contribution in [0.1, 0.15) is 65.6 Å². The first kappa shape index (κ1) is 26.9. The average Bonchev–Trinajstić information content (AvgIpc) is 2.99. The third-order valence-electron chi connectivity index (χ3n) is 8.47. The van der Waals surface area contributed by atoms with Crippen molar-refractivity contribution in [3.8, 4) is 5.75 Å².